The molecule has 0 atom stereocenters. The molecule has 1 aliphatic heterocycles. The fraction of sp³-hybridized carbons (Fsp3) is 0.0625. The Morgan fingerprint density at radius 3 is 2.83 bits per heavy atom. The predicted molar refractivity (Wildman–Crippen MR) is 96.0 cm³/mol. The van der Waals surface area contributed by atoms with Gasteiger partial charge >= 0.3 is 0 Å². The van der Waals surface area contributed by atoms with Crippen molar-refractivity contribution in [3.05, 3.63) is 51.0 Å². The maximum absolute atomic E-state index is 11.8. The summed E-state index contributed by atoms with van der Waals surface area (Å²) in [5.74, 6) is 0.289. The molecule has 2 heterocycles. The van der Waals surface area contributed by atoms with Crippen molar-refractivity contribution in [2.45, 2.75) is 6.92 Å². The number of thioether (sulfide) groups is 1. The third kappa shape index (κ3) is 3.72. The van der Waals surface area contributed by atoms with Crippen molar-refractivity contribution in [3.63, 3.8) is 0 Å². The van der Waals surface area contributed by atoms with E-state index in [-0.39, 0.29) is 11.1 Å². The van der Waals surface area contributed by atoms with Crippen molar-refractivity contribution in [3.8, 4) is 11.3 Å². The second-order valence-corrected chi connectivity index (χ2v) is 6.71. The molecule has 122 valence electrons. The Balaban J connectivity index is 1.83. The molecule has 0 spiro atoms. The molecule has 2 aromatic rings. The van der Waals surface area contributed by atoms with E-state index in [0.717, 1.165) is 11.8 Å². The Bertz CT molecular complexity index is 902. The van der Waals surface area contributed by atoms with Crippen LogP contribution in [0.4, 0.5) is 0 Å². The first-order valence-electron chi connectivity index (χ1n) is 6.78. The number of halogens is 2. The highest BCUT2D eigenvalue weighted by atomic mass is 35.5. The minimum absolute atomic E-state index is 0.253. The fourth-order valence-electron chi connectivity index (χ4n) is 2.00. The van der Waals surface area contributed by atoms with Crippen LogP contribution in [0.3, 0.4) is 0 Å². The molecule has 3 rings (SSSR count). The van der Waals surface area contributed by atoms with Gasteiger partial charge in [-0.25, -0.2) is 0 Å². The Morgan fingerprint density at radius 2 is 2.08 bits per heavy atom. The normalized spacial score (nSPS) is 15.7. The molecule has 1 aromatic heterocycles. The van der Waals surface area contributed by atoms with Gasteiger partial charge in [0.05, 0.1) is 9.93 Å². The van der Waals surface area contributed by atoms with Crippen LogP contribution in [0.2, 0.25) is 10.0 Å². The molecule has 24 heavy (non-hydrogen) atoms. The van der Waals surface area contributed by atoms with Gasteiger partial charge in [0, 0.05) is 23.6 Å². The summed E-state index contributed by atoms with van der Waals surface area (Å²) in [5, 5.41) is 3.79. The zero-order valence-corrected chi connectivity index (χ0v) is 14.6. The van der Waals surface area contributed by atoms with E-state index in [9.17, 15) is 9.59 Å². The van der Waals surface area contributed by atoms with E-state index in [1.807, 2.05) is 0 Å². The molecule has 1 aromatic carbocycles. The molecule has 0 fully saturated rings. The van der Waals surface area contributed by atoms with Gasteiger partial charge < -0.3 is 9.73 Å². The van der Waals surface area contributed by atoms with Crippen LogP contribution in [0.5, 0.6) is 0 Å². The van der Waals surface area contributed by atoms with Gasteiger partial charge in [0.2, 0.25) is 5.91 Å². The first-order chi connectivity index (χ1) is 11.4. The summed E-state index contributed by atoms with van der Waals surface area (Å²) in [4.78, 5) is 27.0. The van der Waals surface area contributed by atoms with Gasteiger partial charge in [-0.15, -0.1) is 0 Å². The van der Waals surface area contributed by atoms with Crippen LogP contribution in [0, 0.1) is 0 Å². The van der Waals surface area contributed by atoms with Crippen LogP contribution in [-0.2, 0) is 9.59 Å². The molecule has 0 bridgehead atoms. The molecule has 8 heteroatoms. The maximum Gasteiger partial charge on any atom is 0.286 e. The highest BCUT2D eigenvalue weighted by molar-refractivity contribution is 8.18. The van der Waals surface area contributed by atoms with Crippen molar-refractivity contribution < 1.29 is 14.0 Å². The quantitative estimate of drug-likeness (QED) is 0.785. The summed E-state index contributed by atoms with van der Waals surface area (Å²) in [6, 6.07) is 8.53. The monoisotopic (exact) mass is 380 g/mol. The van der Waals surface area contributed by atoms with Crippen LogP contribution < -0.4 is 5.32 Å². The van der Waals surface area contributed by atoms with Crippen LogP contribution in [0.1, 0.15) is 12.7 Å². The van der Waals surface area contributed by atoms with Crippen molar-refractivity contribution in [1.82, 2.24) is 5.32 Å². The molecule has 0 radical (unpaired) electrons. The Morgan fingerprint density at radius 1 is 1.29 bits per heavy atom. The number of furan rings is 1. The summed E-state index contributed by atoms with van der Waals surface area (Å²) < 4.78 is 5.71. The lowest BCUT2D eigenvalue weighted by atomic mass is 10.2. The first-order valence-corrected chi connectivity index (χ1v) is 8.35. The van der Waals surface area contributed by atoms with Crippen molar-refractivity contribution in [2.75, 3.05) is 0 Å². The summed E-state index contributed by atoms with van der Waals surface area (Å²) in [6.45, 7) is 1.35. The minimum atomic E-state index is -0.428. The molecule has 0 unspecified atom stereocenters. The zero-order chi connectivity index (χ0) is 17.3. The molecule has 0 saturated carbocycles. The standard InChI is InChI=1S/C16H10Cl2N2O3S/c1-8(21)19-16-20-15(22)14(24-16)7-10-3-5-13(23-10)11-6-9(17)2-4-12(11)18/h2-7H,1H3,(H,19,20,21,22). The van der Waals surface area contributed by atoms with E-state index in [4.69, 9.17) is 27.6 Å². The number of hydrogen-bond donors (Lipinski definition) is 1. The van der Waals surface area contributed by atoms with Crippen LogP contribution in [0.25, 0.3) is 17.4 Å². The number of amidine groups is 1. The average Bonchev–Trinajstić information content (AvgIpc) is 3.09. The first kappa shape index (κ1) is 16.8. The van der Waals surface area contributed by atoms with E-state index in [0.29, 0.717) is 32.0 Å². The smallest absolute Gasteiger partial charge is 0.286 e. The SMILES string of the molecule is CC(=O)NC1=NC(=O)C(=Cc2ccc(-c3cc(Cl)ccc3Cl)o2)S1. The van der Waals surface area contributed by atoms with Crippen molar-refractivity contribution in [2.24, 2.45) is 4.99 Å². The molecule has 1 N–H and O–H groups in total. The fourth-order valence-corrected chi connectivity index (χ4v) is 3.23. The predicted octanol–water partition coefficient (Wildman–Crippen LogP) is 4.36. The number of aliphatic imine (C=N–C) groups is 1. The van der Waals surface area contributed by atoms with E-state index in [2.05, 4.69) is 10.3 Å². The number of amides is 2. The third-order valence-electron chi connectivity index (χ3n) is 3.00. The van der Waals surface area contributed by atoms with Crippen LogP contribution in [-0.4, -0.2) is 17.0 Å². The number of benzene rings is 1. The van der Waals surface area contributed by atoms with E-state index in [1.54, 1.807) is 36.4 Å². The number of nitrogens with zero attached hydrogens (tertiary/aromatic N) is 1. The Labute approximate surface area is 151 Å². The van der Waals surface area contributed by atoms with Gasteiger partial charge in [-0.3, -0.25) is 9.59 Å². The number of carbonyl (C=O) groups excluding carboxylic acids is 2. The molecular formula is C16H10Cl2N2O3S. The Kier molecular flexibility index (Phi) is 4.80. The van der Waals surface area contributed by atoms with Gasteiger partial charge in [-0.1, -0.05) is 23.2 Å². The van der Waals surface area contributed by atoms with Crippen LogP contribution in [0.15, 0.2) is 44.6 Å². The highest BCUT2D eigenvalue weighted by Gasteiger charge is 2.23. The van der Waals surface area contributed by atoms with E-state index >= 15 is 0 Å². The Hall–Kier alpha value is -2.02. The van der Waals surface area contributed by atoms with E-state index < -0.39 is 5.91 Å². The molecule has 2 amide bonds. The molecule has 0 saturated heterocycles. The van der Waals surface area contributed by atoms with E-state index in [1.165, 1.54) is 6.92 Å². The lowest BCUT2D eigenvalue weighted by Gasteiger charge is -2.01. The number of hydrogen-bond acceptors (Lipinski definition) is 4. The minimum Gasteiger partial charge on any atom is -0.457 e. The molecular weight excluding hydrogens is 371 g/mol. The molecule has 5 nitrogen and oxygen atoms in total. The maximum atomic E-state index is 11.8. The van der Waals surface area contributed by atoms with Gasteiger partial charge in [-0.2, -0.15) is 4.99 Å². The molecule has 0 aliphatic carbocycles. The van der Waals surface area contributed by atoms with Crippen molar-refractivity contribution >= 4 is 58.0 Å². The summed E-state index contributed by atoms with van der Waals surface area (Å²) >= 11 is 13.2. The molecule has 1 aliphatic rings. The van der Waals surface area contributed by atoms with Gasteiger partial charge in [0.15, 0.2) is 5.17 Å². The number of carbonyl (C=O) groups is 2. The van der Waals surface area contributed by atoms with Crippen LogP contribution >= 0.6 is 35.0 Å². The van der Waals surface area contributed by atoms with Gasteiger partial charge in [0.1, 0.15) is 11.5 Å². The van der Waals surface area contributed by atoms with Crippen molar-refractivity contribution in [1.29, 1.82) is 0 Å². The lowest BCUT2D eigenvalue weighted by molar-refractivity contribution is -0.117. The largest absolute Gasteiger partial charge is 0.457 e. The number of nitrogens with one attached hydrogen (secondary N) is 1. The highest BCUT2D eigenvalue weighted by Crippen LogP contribution is 2.33. The topological polar surface area (TPSA) is 71.7 Å². The zero-order valence-electron chi connectivity index (χ0n) is 12.3. The average molecular weight is 381 g/mol. The third-order valence-corrected chi connectivity index (χ3v) is 4.46. The second kappa shape index (κ2) is 6.84. The number of rotatable bonds is 2. The van der Waals surface area contributed by atoms with Gasteiger partial charge in [0.25, 0.3) is 5.91 Å². The summed E-state index contributed by atoms with van der Waals surface area (Å²) in [6.07, 6.45) is 1.56. The summed E-state index contributed by atoms with van der Waals surface area (Å²) in [7, 11) is 0. The second-order valence-electron chi connectivity index (χ2n) is 4.84. The lowest BCUT2D eigenvalue weighted by Crippen LogP contribution is -2.23. The summed E-state index contributed by atoms with van der Waals surface area (Å²) in [5.41, 5.74) is 0.661. The van der Waals surface area contributed by atoms with Gasteiger partial charge in [-0.05, 0) is 42.1 Å².